The van der Waals surface area contributed by atoms with E-state index in [4.69, 9.17) is 4.74 Å². The molecule has 1 saturated heterocycles. The van der Waals surface area contributed by atoms with Crippen LogP contribution in [0.5, 0.6) is 0 Å². The number of hydrogen-bond acceptors (Lipinski definition) is 5. The van der Waals surface area contributed by atoms with E-state index in [1.54, 1.807) is 13.8 Å². The average Bonchev–Trinajstić information content (AvgIpc) is 3.39. The third kappa shape index (κ3) is 3.75. The smallest absolute Gasteiger partial charge is 0.330 e. The summed E-state index contributed by atoms with van der Waals surface area (Å²) in [5.41, 5.74) is 2.57. The lowest BCUT2D eigenvalue weighted by Crippen LogP contribution is -2.50. The van der Waals surface area contributed by atoms with E-state index >= 15 is 0 Å². The van der Waals surface area contributed by atoms with Gasteiger partial charge in [0, 0.05) is 5.69 Å². The lowest BCUT2D eigenvalue weighted by Gasteiger charge is -2.28. The molecule has 7 nitrogen and oxygen atoms in total. The van der Waals surface area contributed by atoms with Crippen LogP contribution < -0.4 is 5.32 Å². The van der Waals surface area contributed by atoms with Gasteiger partial charge in [0.2, 0.25) is 11.8 Å². The summed E-state index contributed by atoms with van der Waals surface area (Å²) in [5.74, 6) is -2.01. The van der Waals surface area contributed by atoms with Crippen molar-refractivity contribution >= 4 is 29.4 Å². The molecule has 1 aromatic rings. The van der Waals surface area contributed by atoms with E-state index in [2.05, 4.69) is 5.32 Å². The molecule has 166 valence electrons. The van der Waals surface area contributed by atoms with Gasteiger partial charge in [0.15, 0.2) is 6.61 Å². The third-order valence-corrected chi connectivity index (χ3v) is 7.13. The van der Waals surface area contributed by atoms with Crippen LogP contribution in [-0.2, 0) is 23.9 Å². The Hall–Kier alpha value is -2.70. The highest BCUT2D eigenvalue weighted by Gasteiger charge is 2.62. The van der Waals surface area contributed by atoms with Gasteiger partial charge in [-0.05, 0) is 68.1 Å². The van der Waals surface area contributed by atoms with Crippen LogP contribution >= 0.6 is 0 Å². The van der Waals surface area contributed by atoms with Gasteiger partial charge in [0.05, 0.1) is 11.8 Å². The quantitative estimate of drug-likeness (QED) is 0.558. The Kier molecular flexibility index (Phi) is 5.62. The second-order valence-corrected chi connectivity index (χ2v) is 9.59. The Morgan fingerprint density at radius 3 is 2.29 bits per heavy atom. The number of ether oxygens (including phenoxy) is 1. The standard InChI is InChI=1S/C24H30N2O5/c1-12(2)21(26-22(28)19-15-7-8-16(10-15)20(19)23(26)29)24(30)31-11-18(27)25-17-9-13(3)5-6-14(17)4/h5-6,9,12,15-16,19-21H,7-8,10-11H2,1-4H3,(H,25,27)/t15-,16-,19+,20+,21-/m1/s1. The van der Waals surface area contributed by atoms with Gasteiger partial charge in [-0.1, -0.05) is 26.0 Å². The fraction of sp³-hybridized carbons (Fsp3) is 0.583. The number of nitrogens with one attached hydrogen (secondary N) is 1. The first-order valence-electron chi connectivity index (χ1n) is 11.1. The molecule has 3 aliphatic rings. The molecule has 1 aliphatic heterocycles. The largest absolute Gasteiger partial charge is 0.454 e. The van der Waals surface area contributed by atoms with Gasteiger partial charge >= 0.3 is 5.97 Å². The number of carbonyl (C=O) groups is 4. The third-order valence-electron chi connectivity index (χ3n) is 7.13. The fourth-order valence-corrected chi connectivity index (χ4v) is 5.66. The lowest BCUT2D eigenvalue weighted by atomic mass is 9.81. The van der Waals surface area contributed by atoms with Crippen LogP contribution in [0.3, 0.4) is 0 Å². The number of rotatable bonds is 6. The van der Waals surface area contributed by atoms with Crippen LogP contribution in [0, 0.1) is 43.4 Å². The molecular formula is C24H30N2O5. The maximum Gasteiger partial charge on any atom is 0.330 e. The van der Waals surface area contributed by atoms with Gasteiger partial charge in [0.25, 0.3) is 5.91 Å². The number of likely N-dealkylation sites (tertiary alicyclic amines) is 1. The molecule has 7 heteroatoms. The molecule has 31 heavy (non-hydrogen) atoms. The molecule has 2 saturated carbocycles. The molecule has 0 aromatic heterocycles. The number of esters is 1. The molecule has 2 bridgehead atoms. The number of amides is 3. The van der Waals surface area contributed by atoms with E-state index in [1.165, 1.54) is 0 Å². The second kappa shape index (κ2) is 8.09. The monoisotopic (exact) mass is 426 g/mol. The molecule has 5 atom stereocenters. The van der Waals surface area contributed by atoms with Crippen molar-refractivity contribution < 1.29 is 23.9 Å². The van der Waals surface area contributed by atoms with Crippen molar-refractivity contribution in [2.45, 2.75) is 53.0 Å². The summed E-state index contributed by atoms with van der Waals surface area (Å²) in [4.78, 5) is 52.6. The zero-order valence-corrected chi connectivity index (χ0v) is 18.5. The first-order valence-corrected chi connectivity index (χ1v) is 11.1. The molecule has 1 heterocycles. The Balaban J connectivity index is 1.42. The summed E-state index contributed by atoms with van der Waals surface area (Å²) in [6.07, 6.45) is 2.90. The molecule has 0 unspecified atom stereocenters. The van der Waals surface area contributed by atoms with Crippen LogP contribution in [0.4, 0.5) is 5.69 Å². The second-order valence-electron chi connectivity index (χ2n) is 9.59. The van der Waals surface area contributed by atoms with Crippen molar-refractivity contribution in [2.24, 2.45) is 29.6 Å². The predicted octanol–water partition coefficient (Wildman–Crippen LogP) is 2.84. The zero-order valence-electron chi connectivity index (χ0n) is 18.5. The van der Waals surface area contributed by atoms with E-state index in [9.17, 15) is 19.2 Å². The molecule has 0 radical (unpaired) electrons. The van der Waals surface area contributed by atoms with E-state index in [0.29, 0.717) is 5.69 Å². The summed E-state index contributed by atoms with van der Waals surface area (Å²) in [5, 5.41) is 2.75. The maximum absolute atomic E-state index is 13.1. The van der Waals surface area contributed by atoms with Gasteiger partial charge < -0.3 is 10.1 Å². The van der Waals surface area contributed by atoms with E-state index < -0.39 is 24.5 Å². The highest BCUT2D eigenvalue weighted by atomic mass is 16.5. The van der Waals surface area contributed by atoms with Gasteiger partial charge in [-0.25, -0.2) is 4.79 Å². The lowest BCUT2D eigenvalue weighted by molar-refractivity contribution is -0.162. The maximum atomic E-state index is 13.1. The van der Waals surface area contributed by atoms with Gasteiger partial charge in [-0.2, -0.15) is 0 Å². The Bertz CT molecular complexity index is 912. The van der Waals surface area contributed by atoms with Crippen LogP contribution in [0.25, 0.3) is 0 Å². The van der Waals surface area contributed by atoms with E-state index in [1.807, 2.05) is 32.0 Å². The molecular weight excluding hydrogens is 396 g/mol. The van der Waals surface area contributed by atoms with Crippen molar-refractivity contribution in [3.63, 3.8) is 0 Å². The number of carbonyl (C=O) groups excluding carboxylic acids is 4. The molecule has 0 spiro atoms. The summed E-state index contributed by atoms with van der Waals surface area (Å²) >= 11 is 0. The predicted molar refractivity (Wildman–Crippen MR) is 114 cm³/mol. The van der Waals surface area contributed by atoms with Gasteiger partial charge in [-0.3, -0.25) is 19.3 Å². The SMILES string of the molecule is Cc1ccc(C)c(NC(=O)COC(=O)[C@@H](C(C)C)N2C(=O)[C@H]3[C@@H]4CC[C@H](C4)[C@@H]3C2=O)c1. The van der Waals surface area contributed by atoms with Crippen LogP contribution in [0.15, 0.2) is 18.2 Å². The Morgan fingerprint density at radius 1 is 1.10 bits per heavy atom. The summed E-state index contributed by atoms with van der Waals surface area (Å²) in [6.45, 7) is 6.90. The van der Waals surface area contributed by atoms with Crippen molar-refractivity contribution in [1.29, 1.82) is 0 Å². The average molecular weight is 427 g/mol. The number of nitrogens with zero attached hydrogens (tertiary/aromatic N) is 1. The molecule has 1 N–H and O–H groups in total. The van der Waals surface area contributed by atoms with E-state index in [0.717, 1.165) is 35.3 Å². The Morgan fingerprint density at radius 2 is 1.71 bits per heavy atom. The van der Waals surface area contributed by atoms with Crippen LogP contribution in [0.2, 0.25) is 0 Å². The van der Waals surface area contributed by atoms with Crippen molar-refractivity contribution in [3.8, 4) is 0 Å². The number of aryl methyl sites for hydroxylation is 2. The van der Waals surface area contributed by atoms with Crippen molar-refractivity contribution in [3.05, 3.63) is 29.3 Å². The highest BCUT2D eigenvalue weighted by Crippen LogP contribution is 2.56. The fourth-order valence-electron chi connectivity index (χ4n) is 5.66. The molecule has 3 fully saturated rings. The van der Waals surface area contributed by atoms with Crippen molar-refractivity contribution in [2.75, 3.05) is 11.9 Å². The minimum Gasteiger partial charge on any atom is -0.454 e. The zero-order chi connectivity index (χ0) is 22.4. The highest BCUT2D eigenvalue weighted by molar-refractivity contribution is 6.08. The number of benzene rings is 1. The first-order chi connectivity index (χ1) is 14.7. The molecule has 2 aliphatic carbocycles. The summed E-state index contributed by atoms with van der Waals surface area (Å²) < 4.78 is 5.27. The van der Waals surface area contributed by atoms with Gasteiger partial charge in [-0.15, -0.1) is 0 Å². The number of hydrogen-bond donors (Lipinski definition) is 1. The van der Waals surface area contributed by atoms with Crippen LogP contribution in [0.1, 0.15) is 44.2 Å². The van der Waals surface area contributed by atoms with Crippen LogP contribution in [-0.4, -0.2) is 41.2 Å². The minimum absolute atomic E-state index is 0.238. The number of anilines is 1. The molecule has 3 amide bonds. The van der Waals surface area contributed by atoms with E-state index in [-0.39, 0.29) is 41.4 Å². The minimum atomic E-state index is -1.00. The molecule has 4 rings (SSSR count). The molecule has 1 aromatic carbocycles. The normalized spacial score (nSPS) is 27.6. The number of fused-ring (bicyclic) bond motifs is 5. The summed E-state index contributed by atoms with van der Waals surface area (Å²) in [6, 6.07) is 4.70. The van der Waals surface area contributed by atoms with Gasteiger partial charge in [0.1, 0.15) is 6.04 Å². The van der Waals surface area contributed by atoms with Crippen molar-refractivity contribution in [1.82, 2.24) is 4.90 Å². The first kappa shape index (κ1) is 21.5. The Labute approximate surface area is 182 Å². The number of imide groups is 1. The topological polar surface area (TPSA) is 92.8 Å². The summed E-state index contributed by atoms with van der Waals surface area (Å²) in [7, 11) is 0.